The van der Waals surface area contributed by atoms with E-state index in [1.54, 1.807) is 11.8 Å². The van der Waals surface area contributed by atoms with Crippen LogP contribution in [0.2, 0.25) is 0 Å². The summed E-state index contributed by atoms with van der Waals surface area (Å²) in [7, 11) is 0. The number of rotatable bonds is 3. The molecular formula is C9H14O2S. The van der Waals surface area contributed by atoms with E-state index in [4.69, 9.17) is 0 Å². The first kappa shape index (κ1) is 9.78. The lowest BCUT2D eigenvalue weighted by atomic mass is 10.3. The molecule has 0 aromatic carbocycles. The Kier molecular flexibility index (Phi) is 3.32. The van der Waals surface area contributed by atoms with E-state index >= 15 is 0 Å². The van der Waals surface area contributed by atoms with Crippen LogP contribution >= 0.6 is 11.8 Å². The first-order chi connectivity index (χ1) is 5.59. The lowest BCUT2D eigenvalue weighted by Gasteiger charge is -2.08. The van der Waals surface area contributed by atoms with E-state index in [0.29, 0.717) is 12.3 Å². The summed E-state index contributed by atoms with van der Waals surface area (Å²) in [6.07, 6.45) is 0.645. The van der Waals surface area contributed by atoms with E-state index in [9.17, 15) is 9.59 Å². The van der Waals surface area contributed by atoms with Gasteiger partial charge in [0.15, 0.2) is 5.78 Å². The van der Waals surface area contributed by atoms with Crippen LogP contribution in [-0.4, -0.2) is 22.6 Å². The van der Waals surface area contributed by atoms with Gasteiger partial charge >= 0.3 is 0 Å². The second-order valence-electron chi connectivity index (χ2n) is 3.60. The molecule has 1 fully saturated rings. The smallest absolute Gasteiger partial charge is 0.153 e. The van der Waals surface area contributed by atoms with Crippen LogP contribution in [0.5, 0.6) is 0 Å². The van der Waals surface area contributed by atoms with Gasteiger partial charge in [0, 0.05) is 6.42 Å². The highest BCUT2D eigenvalue weighted by atomic mass is 32.2. The van der Waals surface area contributed by atoms with E-state index in [0.717, 1.165) is 5.75 Å². The third-order valence-corrected chi connectivity index (χ3v) is 3.47. The van der Waals surface area contributed by atoms with Crippen LogP contribution in [0.1, 0.15) is 26.7 Å². The molecule has 1 unspecified atom stereocenters. The van der Waals surface area contributed by atoms with Gasteiger partial charge in [0.1, 0.15) is 5.78 Å². The maximum absolute atomic E-state index is 11.2. The summed E-state index contributed by atoms with van der Waals surface area (Å²) in [5.41, 5.74) is 0. The van der Waals surface area contributed by atoms with E-state index < -0.39 is 0 Å². The second kappa shape index (κ2) is 4.08. The minimum absolute atomic E-state index is 0.0279. The van der Waals surface area contributed by atoms with Gasteiger partial charge in [-0.3, -0.25) is 9.59 Å². The maximum Gasteiger partial charge on any atom is 0.153 e. The zero-order chi connectivity index (χ0) is 9.14. The quantitative estimate of drug-likeness (QED) is 0.629. The Morgan fingerprint density at radius 1 is 1.50 bits per heavy atom. The number of ketones is 2. The first-order valence-electron chi connectivity index (χ1n) is 4.25. The lowest BCUT2D eigenvalue weighted by molar-refractivity contribution is -0.121. The minimum atomic E-state index is -0.0279. The third kappa shape index (κ3) is 2.63. The average molecular weight is 186 g/mol. The molecule has 1 aliphatic carbocycles. The van der Waals surface area contributed by atoms with Crippen LogP contribution in [0.4, 0.5) is 0 Å². The molecule has 2 nitrogen and oxygen atoms in total. The Morgan fingerprint density at radius 3 is 2.58 bits per heavy atom. The van der Waals surface area contributed by atoms with Gasteiger partial charge in [-0.05, 0) is 11.7 Å². The number of thioether (sulfide) groups is 1. The summed E-state index contributed by atoms with van der Waals surface area (Å²) >= 11 is 1.63. The van der Waals surface area contributed by atoms with E-state index in [1.165, 1.54) is 0 Å². The second-order valence-corrected chi connectivity index (χ2v) is 4.84. The Bertz CT molecular complexity index is 199. The van der Waals surface area contributed by atoms with Crippen LogP contribution in [0.15, 0.2) is 0 Å². The molecule has 0 bridgehead atoms. The van der Waals surface area contributed by atoms with Gasteiger partial charge in [0.2, 0.25) is 0 Å². The third-order valence-electron chi connectivity index (χ3n) is 1.77. The van der Waals surface area contributed by atoms with Crippen molar-refractivity contribution < 1.29 is 9.59 Å². The van der Waals surface area contributed by atoms with Crippen LogP contribution in [0.25, 0.3) is 0 Å². The Morgan fingerprint density at radius 2 is 2.17 bits per heavy atom. The zero-order valence-electron chi connectivity index (χ0n) is 7.50. The summed E-state index contributed by atoms with van der Waals surface area (Å²) in [4.78, 5) is 22.0. The summed E-state index contributed by atoms with van der Waals surface area (Å²) in [5.74, 6) is 1.81. The minimum Gasteiger partial charge on any atom is -0.299 e. The van der Waals surface area contributed by atoms with Crippen LogP contribution in [0, 0.1) is 5.92 Å². The summed E-state index contributed by atoms with van der Waals surface area (Å²) < 4.78 is 0. The number of carbonyl (C=O) groups excluding carboxylic acids is 2. The monoisotopic (exact) mass is 186 g/mol. The molecule has 12 heavy (non-hydrogen) atoms. The predicted molar refractivity (Wildman–Crippen MR) is 50.3 cm³/mol. The number of hydrogen-bond donors (Lipinski definition) is 0. The molecule has 68 valence electrons. The lowest BCUT2D eigenvalue weighted by Crippen LogP contribution is -2.10. The van der Waals surface area contributed by atoms with Gasteiger partial charge in [0.25, 0.3) is 0 Å². The van der Waals surface area contributed by atoms with Crippen molar-refractivity contribution in [3.05, 3.63) is 0 Å². The van der Waals surface area contributed by atoms with E-state index in [2.05, 4.69) is 13.8 Å². The van der Waals surface area contributed by atoms with Crippen LogP contribution in [-0.2, 0) is 9.59 Å². The van der Waals surface area contributed by atoms with E-state index in [-0.39, 0.29) is 23.2 Å². The fourth-order valence-corrected chi connectivity index (χ4v) is 2.35. The fourth-order valence-electron chi connectivity index (χ4n) is 1.16. The standard InChI is InChI=1S/C9H14O2S/c1-6(2)5-12-9-4-7(10)3-8(9)11/h6,9H,3-5H2,1-2H3. The fraction of sp³-hybridized carbons (Fsp3) is 0.778. The van der Waals surface area contributed by atoms with Gasteiger partial charge in [-0.25, -0.2) is 0 Å². The molecule has 0 aromatic heterocycles. The average Bonchev–Trinajstić information content (AvgIpc) is 2.26. The molecule has 0 amide bonds. The van der Waals surface area contributed by atoms with Crippen molar-refractivity contribution in [2.24, 2.45) is 5.92 Å². The molecule has 0 spiro atoms. The van der Waals surface area contributed by atoms with E-state index in [1.807, 2.05) is 0 Å². The number of Topliss-reactive ketones (excluding diaryl/α,β-unsaturated/α-hetero) is 2. The van der Waals surface area contributed by atoms with Gasteiger partial charge in [0.05, 0.1) is 11.7 Å². The van der Waals surface area contributed by atoms with Crippen molar-refractivity contribution >= 4 is 23.3 Å². The molecule has 0 saturated heterocycles. The zero-order valence-corrected chi connectivity index (χ0v) is 8.32. The highest BCUT2D eigenvalue weighted by Crippen LogP contribution is 2.25. The maximum atomic E-state index is 11.2. The number of carbonyl (C=O) groups is 2. The van der Waals surface area contributed by atoms with Crippen molar-refractivity contribution in [1.82, 2.24) is 0 Å². The molecule has 3 heteroatoms. The largest absolute Gasteiger partial charge is 0.299 e. The summed E-state index contributed by atoms with van der Waals surface area (Å²) in [6.45, 7) is 4.24. The van der Waals surface area contributed by atoms with Gasteiger partial charge in [-0.15, -0.1) is 11.8 Å². The summed E-state index contributed by atoms with van der Waals surface area (Å²) in [5, 5.41) is -0.0279. The molecule has 1 atom stereocenters. The van der Waals surface area contributed by atoms with Crippen molar-refractivity contribution in [1.29, 1.82) is 0 Å². The van der Waals surface area contributed by atoms with Crippen molar-refractivity contribution in [3.63, 3.8) is 0 Å². The molecule has 0 aromatic rings. The first-order valence-corrected chi connectivity index (χ1v) is 5.30. The molecule has 1 aliphatic rings. The normalized spacial score (nSPS) is 24.1. The molecule has 0 heterocycles. The van der Waals surface area contributed by atoms with Gasteiger partial charge in [-0.1, -0.05) is 13.8 Å². The summed E-state index contributed by atoms with van der Waals surface area (Å²) in [6, 6.07) is 0. The van der Waals surface area contributed by atoms with Crippen molar-refractivity contribution in [2.75, 3.05) is 5.75 Å². The van der Waals surface area contributed by atoms with Crippen LogP contribution in [0.3, 0.4) is 0 Å². The topological polar surface area (TPSA) is 34.1 Å². The Hall–Kier alpha value is -0.310. The van der Waals surface area contributed by atoms with Gasteiger partial charge in [-0.2, -0.15) is 0 Å². The highest BCUT2D eigenvalue weighted by molar-refractivity contribution is 8.00. The van der Waals surface area contributed by atoms with Gasteiger partial charge < -0.3 is 0 Å². The molecule has 0 aliphatic heterocycles. The van der Waals surface area contributed by atoms with Crippen molar-refractivity contribution in [2.45, 2.75) is 31.9 Å². The SMILES string of the molecule is CC(C)CSC1CC(=O)CC1=O. The Labute approximate surface area is 77.1 Å². The molecule has 0 N–H and O–H groups in total. The molecular weight excluding hydrogens is 172 g/mol. The predicted octanol–water partition coefficient (Wildman–Crippen LogP) is 1.68. The Balaban J connectivity index is 2.33. The highest BCUT2D eigenvalue weighted by Gasteiger charge is 2.30. The molecule has 0 radical (unpaired) electrons. The molecule has 1 rings (SSSR count). The molecule has 1 saturated carbocycles. The number of hydrogen-bond acceptors (Lipinski definition) is 3. The van der Waals surface area contributed by atoms with Crippen LogP contribution < -0.4 is 0 Å². The van der Waals surface area contributed by atoms with Crippen molar-refractivity contribution in [3.8, 4) is 0 Å².